The molecular weight excluding hydrogens is 452 g/mol. The molecule has 4 heterocycles. The highest BCUT2D eigenvalue weighted by molar-refractivity contribution is 5.95. The van der Waals surface area contributed by atoms with E-state index in [-0.39, 0.29) is 47.0 Å². The Morgan fingerprint density at radius 3 is 2.74 bits per heavy atom. The number of furan rings is 1. The zero-order valence-corrected chi connectivity index (χ0v) is 19.8. The van der Waals surface area contributed by atoms with E-state index >= 15 is 0 Å². The molecule has 0 radical (unpaired) electrons. The molecule has 0 atom stereocenters. The van der Waals surface area contributed by atoms with Crippen molar-refractivity contribution in [1.29, 1.82) is 0 Å². The lowest BCUT2D eigenvalue weighted by Gasteiger charge is -2.15. The fraction of sp³-hybridized carbons (Fsp3) is 0.320. The highest BCUT2D eigenvalue weighted by Gasteiger charge is 2.20. The third-order valence-electron chi connectivity index (χ3n) is 5.20. The van der Waals surface area contributed by atoms with Crippen molar-refractivity contribution < 1.29 is 23.5 Å². The van der Waals surface area contributed by atoms with Crippen LogP contribution >= 0.6 is 0 Å². The van der Waals surface area contributed by atoms with Crippen LogP contribution in [-0.2, 0) is 16.0 Å². The number of amides is 1. The molecule has 0 N–H and O–H groups in total. The van der Waals surface area contributed by atoms with E-state index in [2.05, 4.69) is 9.98 Å². The molecule has 4 aromatic rings. The average molecular weight is 479 g/mol. The second-order valence-electron chi connectivity index (χ2n) is 8.00. The van der Waals surface area contributed by atoms with Crippen molar-refractivity contribution in [3.63, 3.8) is 0 Å². The number of aromatic nitrogens is 3. The topological polar surface area (TPSA) is 117 Å². The fourth-order valence-corrected chi connectivity index (χ4v) is 3.66. The van der Waals surface area contributed by atoms with Crippen LogP contribution in [0.25, 0.3) is 16.7 Å². The molecule has 0 aliphatic carbocycles. The van der Waals surface area contributed by atoms with Gasteiger partial charge in [0.2, 0.25) is 0 Å². The zero-order chi connectivity index (χ0) is 24.9. The Morgan fingerprint density at radius 1 is 1.20 bits per heavy atom. The first-order chi connectivity index (χ1) is 16.9. The molecule has 0 aromatic carbocycles. The molecule has 10 heteroatoms. The lowest BCUT2D eigenvalue weighted by atomic mass is 10.2. The summed E-state index contributed by atoms with van der Waals surface area (Å²) in [5.41, 5.74) is 0.384. The molecule has 4 rings (SSSR count). The number of aryl methyl sites for hydroxylation is 1. The maximum absolute atomic E-state index is 13.3. The molecule has 35 heavy (non-hydrogen) atoms. The number of esters is 1. The standard InChI is InChI=1S/C25H26N4O6/c1-4-33-25(32)18-15-17-21(26-20-10-5-6-11-28(20)24(17)31)29(12-8-14-34-16(2)3)22(18)27-23(30)19-9-7-13-35-19/h5-7,9-11,13,15-16H,4,8,12,14H2,1-3H3. The highest BCUT2D eigenvalue weighted by Crippen LogP contribution is 2.13. The molecule has 0 unspecified atom stereocenters. The lowest BCUT2D eigenvalue weighted by Crippen LogP contribution is -2.33. The molecular formula is C25H26N4O6. The Labute approximate surface area is 200 Å². The van der Waals surface area contributed by atoms with E-state index in [0.29, 0.717) is 24.3 Å². The summed E-state index contributed by atoms with van der Waals surface area (Å²) in [6.07, 6.45) is 3.53. The molecule has 0 spiro atoms. The van der Waals surface area contributed by atoms with Crippen molar-refractivity contribution in [2.45, 2.75) is 39.8 Å². The Morgan fingerprint density at radius 2 is 2.03 bits per heavy atom. The van der Waals surface area contributed by atoms with Crippen LogP contribution in [0, 0.1) is 0 Å². The summed E-state index contributed by atoms with van der Waals surface area (Å²) in [7, 11) is 0. The number of hydrogen-bond donors (Lipinski definition) is 0. The van der Waals surface area contributed by atoms with Gasteiger partial charge in [-0.1, -0.05) is 6.07 Å². The van der Waals surface area contributed by atoms with Gasteiger partial charge in [-0.05, 0) is 57.5 Å². The van der Waals surface area contributed by atoms with Gasteiger partial charge in [0.1, 0.15) is 16.9 Å². The third-order valence-corrected chi connectivity index (χ3v) is 5.20. The SMILES string of the molecule is CCOC(=O)c1cc2c(=O)n3ccccc3nc2n(CCCOC(C)C)c1=NC(=O)c1ccco1. The van der Waals surface area contributed by atoms with Crippen LogP contribution in [0.4, 0.5) is 0 Å². The quantitative estimate of drug-likeness (QED) is 0.217. The average Bonchev–Trinajstić information content (AvgIpc) is 3.38. The van der Waals surface area contributed by atoms with Gasteiger partial charge in [-0.3, -0.25) is 14.0 Å². The molecule has 0 bridgehead atoms. The number of fused-ring (bicyclic) bond motifs is 2. The molecule has 1 amide bonds. The van der Waals surface area contributed by atoms with E-state index in [9.17, 15) is 14.4 Å². The lowest BCUT2D eigenvalue weighted by molar-refractivity contribution is 0.0523. The van der Waals surface area contributed by atoms with E-state index in [4.69, 9.17) is 13.9 Å². The maximum atomic E-state index is 13.3. The van der Waals surface area contributed by atoms with Crippen LogP contribution in [0.3, 0.4) is 0 Å². The summed E-state index contributed by atoms with van der Waals surface area (Å²) in [6.45, 7) is 6.36. The minimum absolute atomic E-state index is 0.0149. The van der Waals surface area contributed by atoms with Crippen LogP contribution in [0.1, 0.15) is 48.1 Å². The van der Waals surface area contributed by atoms with Gasteiger partial charge in [0.25, 0.3) is 5.56 Å². The summed E-state index contributed by atoms with van der Waals surface area (Å²) in [6, 6.07) is 9.64. The number of pyridine rings is 2. The number of carbonyl (C=O) groups excluding carboxylic acids is 2. The van der Waals surface area contributed by atoms with Crippen molar-refractivity contribution in [3.05, 3.63) is 76.0 Å². The van der Waals surface area contributed by atoms with Gasteiger partial charge in [-0.2, -0.15) is 4.99 Å². The molecule has 182 valence electrons. The largest absolute Gasteiger partial charge is 0.462 e. The third kappa shape index (κ3) is 5.07. The van der Waals surface area contributed by atoms with E-state index in [1.165, 1.54) is 22.8 Å². The van der Waals surface area contributed by atoms with Crippen molar-refractivity contribution in [2.24, 2.45) is 4.99 Å². The number of rotatable bonds is 8. The number of nitrogens with zero attached hydrogens (tertiary/aromatic N) is 4. The smallest absolute Gasteiger partial charge is 0.341 e. The molecule has 0 fully saturated rings. The molecule has 0 aliphatic rings. The van der Waals surface area contributed by atoms with Crippen molar-refractivity contribution in [1.82, 2.24) is 14.0 Å². The second kappa shape index (κ2) is 10.5. The van der Waals surface area contributed by atoms with E-state index in [0.717, 1.165) is 0 Å². The van der Waals surface area contributed by atoms with E-state index in [1.54, 1.807) is 42.0 Å². The van der Waals surface area contributed by atoms with Crippen LogP contribution < -0.4 is 11.0 Å². The van der Waals surface area contributed by atoms with Gasteiger partial charge in [0, 0.05) is 19.3 Å². The Balaban J connectivity index is 2.03. The van der Waals surface area contributed by atoms with Gasteiger partial charge in [0.05, 0.1) is 24.4 Å². The van der Waals surface area contributed by atoms with Crippen LogP contribution in [0.5, 0.6) is 0 Å². The summed E-state index contributed by atoms with van der Waals surface area (Å²) >= 11 is 0. The molecule has 4 aromatic heterocycles. The minimum Gasteiger partial charge on any atom is -0.462 e. The predicted molar refractivity (Wildman–Crippen MR) is 127 cm³/mol. The normalized spacial score (nSPS) is 12.1. The van der Waals surface area contributed by atoms with E-state index in [1.807, 2.05) is 13.8 Å². The Bertz CT molecular complexity index is 1500. The predicted octanol–water partition coefficient (Wildman–Crippen LogP) is 2.98. The highest BCUT2D eigenvalue weighted by atomic mass is 16.5. The summed E-state index contributed by atoms with van der Waals surface area (Å²) in [4.78, 5) is 48.0. The molecule has 10 nitrogen and oxygen atoms in total. The Kier molecular flexibility index (Phi) is 7.21. The summed E-state index contributed by atoms with van der Waals surface area (Å²) in [5.74, 6) is -1.36. The second-order valence-corrected chi connectivity index (χ2v) is 8.00. The first kappa shape index (κ1) is 24.1. The van der Waals surface area contributed by atoms with Crippen LogP contribution in [0.15, 0.2) is 63.1 Å². The molecule has 0 saturated carbocycles. The molecule has 0 saturated heterocycles. The zero-order valence-electron chi connectivity index (χ0n) is 19.8. The van der Waals surface area contributed by atoms with Crippen molar-refractivity contribution >= 4 is 28.6 Å². The van der Waals surface area contributed by atoms with Gasteiger partial charge >= 0.3 is 11.9 Å². The van der Waals surface area contributed by atoms with Crippen LogP contribution in [0.2, 0.25) is 0 Å². The van der Waals surface area contributed by atoms with Gasteiger partial charge in [0.15, 0.2) is 11.2 Å². The number of carbonyl (C=O) groups is 2. The Hall–Kier alpha value is -4.05. The maximum Gasteiger partial charge on any atom is 0.341 e. The first-order valence-electron chi connectivity index (χ1n) is 11.4. The number of hydrogen-bond acceptors (Lipinski definition) is 7. The van der Waals surface area contributed by atoms with Crippen molar-refractivity contribution in [2.75, 3.05) is 13.2 Å². The van der Waals surface area contributed by atoms with Gasteiger partial charge in [-0.15, -0.1) is 0 Å². The monoisotopic (exact) mass is 478 g/mol. The fourth-order valence-electron chi connectivity index (χ4n) is 3.66. The first-order valence-corrected chi connectivity index (χ1v) is 11.4. The number of ether oxygens (including phenoxy) is 2. The minimum atomic E-state index is -0.704. The van der Waals surface area contributed by atoms with E-state index < -0.39 is 11.9 Å². The molecule has 0 aliphatic heterocycles. The summed E-state index contributed by atoms with van der Waals surface area (Å²) in [5, 5.41) is 0.200. The van der Waals surface area contributed by atoms with Crippen LogP contribution in [-0.4, -0.2) is 45.1 Å². The van der Waals surface area contributed by atoms with Gasteiger partial charge < -0.3 is 18.5 Å². The van der Waals surface area contributed by atoms with Crippen molar-refractivity contribution in [3.8, 4) is 0 Å². The summed E-state index contributed by atoms with van der Waals surface area (Å²) < 4.78 is 19.1. The van der Waals surface area contributed by atoms with Gasteiger partial charge in [-0.25, -0.2) is 9.78 Å².